The zero-order valence-corrected chi connectivity index (χ0v) is 52.0. The summed E-state index contributed by atoms with van der Waals surface area (Å²) in [7, 11) is 2.15. The maximum absolute atomic E-state index is 9.70. The molecule has 0 radical (unpaired) electrons. The van der Waals surface area contributed by atoms with Gasteiger partial charge in [-0.2, -0.15) is 5.26 Å². The van der Waals surface area contributed by atoms with Crippen LogP contribution in [-0.4, -0.2) is 138 Å². The summed E-state index contributed by atoms with van der Waals surface area (Å²) in [6, 6.07) is 40.6. The van der Waals surface area contributed by atoms with Gasteiger partial charge >= 0.3 is 0 Å². The second-order valence-corrected chi connectivity index (χ2v) is 24.0. The molecular weight excluding hydrogens is 1280 g/mol. The lowest BCUT2D eigenvalue weighted by atomic mass is 9.86. The molecular formula is C63H65Br3ClN13O4. The number of likely N-dealkylation sites (N-methyl/N-ethyl adjacent to an activating group) is 1. The van der Waals surface area contributed by atoms with Gasteiger partial charge in [0.15, 0.2) is 16.9 Å². The number of nitrogens with one attached hydrogen (secondary N) is 4. The molecule has 7 heterocycles. The van der Waals surface area contributed by atoms with E-state index in [1.54, 1.807) is 18.6 Å². The third-order valence-electron chi connectivity index (χ3n) is 14.7. The number of benzene rings is 4. The number of aliphatic hydroxyl groups is 1. The minimum atomic E-state index is -0.193. The van der Waals surface area contributed by atoms with Gasteiger partial charge in [0.25, 0.3) is 0 Å². The molecule has 21 heteroatoms. The summed E-state index contributed by atoms with van der Waals surface area (Å²) in [6.45, 7) is 7.08. The number of piperidine rings is 1. The number of nitrogens with zero attached hydrogens (tertiary/aromatic N) is 9. The normalized spacial score (nSPS) is 16.2. The smallest absolute Gasteiger partial charge is 0.178 e. The quantitative estimate of drug-likeness (QED) is 0.0477. The van der Waals surface area contributed by atoms with Gasteiger partial charge in [-0.25, -0.2) is 29.9 Å². The fourth-order valence-corrected chi connectivity index (χ4v) is 11.2. The van der Waals surface area contributed by atoms with E-state index in [2.05, 4.69) is 133 Å². The van der Waals surface area contributed by atoms with E-state index in [9.17, 15) is 5.11 Å². The van der Waals surface area contributed by atoms with E-state index >= 15 is 0 Å². The monoisotopic (exact) mass is 1340 g/mol. The Hall–Kier alpha value is -6.80. The number of imidazole rings is 3. The third-order valence-corrected chi connectivity index (χ3v) is 16.3. The van der Waals surface area contributed by atoms with Crippen LogP contribution in [0.1, 0.15) is 44.1 Å². The Morgan fingerprint density at radius 1 is 0.631 bits per heavy atom. The maximum atomic E-state index is 9.70. The van der Waals surface area contributed by atoms with Crippen molar-refractivity contribution < 1.29 is 19.3 Å². The topological polar surface area (TPSA) is 215 Å². The van der Waals surface area contributed by atoms with Gasteiger partial charge in [0.05, 0.1) is 28.7 Å². The van der Waals surface area contributed by atoms with Crippen LogP contribution >= 0.6 is 59.4 Å². The molecule has 2 fully saturated rings. The minimum Gasteiger partial charge on any atom is -0.492 e. The first kappa shape index (κ1) is 60.3. The molecule has 1 aliphatic carbocycles. The summed E-state index contributed by atoms with van der Waals surface area (Å²) >= 11 is 16.2. The predicted molar refractivity (Wildman–Crippen MR) is 341 cm³/mol. The molecule has 0 bridgehead atoms. The Labute approximate surface area is 518 Å². The molecule has 0 amide bonds. The number of likely N-dealkylation sites (tertiary alicyclic amines) is 1. The maximum Gasteiger partial charge on any atom is 0.178 e. The number of ether oxygens (including phenoxy) is 3. The second-order valence-electron chi connectivity index (χ2n) is 20.8. The number of aromatic nitrogens is 9. The summed E-state index contributed by atoms with van der Waals surface area (Å²) in [5.41, 5.74) is 9.07. The highest BCUT2D eigenvalue weighted by molar-refractivity contribution is 9.11. The molecule has 1 saturated heterocycles. The number of β-amino-alcohol motifs (C(OH)–C–C–N with tert-alkyl or cyclic N) is 1. The van der Waals surface area contributed by atoms with Crippen LogP contribution in [0.4, 0.5) is 0 Å². The summed E-state index contributed by atoms with van der Waals surface area (Å²) in [5.74, 6) is 5.16. The number of nitriles is 1. The number of fused-ring (bicyclic) bond motifs is 3. The molecule has 434 valence electrons. The van der Waals surface area contributed by atoms with E-state index in [1.807, 2.05) is 103 Å². The summed E-state index contributed by atoms with van der Waals surface area (Å²) in [6.07, 6.45) is 12.2. The summed E-state index contributed by atoms with van der Waals surface area (Å²) in [5, 5.41) is 22.9. The highest BCUT2D eigenvalue weighted by Gasteiger charge is 2.24. The zero-order chi connectivity index (χ0) is 58.2. The van der Waals surface area contributed by atoms with Crippen molar-refractivity contribution in [2.24, 2.45) is 5.92 Å². The van der Waals surface area contributed by atoms with Gasteiger partial charge in [-0.1, -0.05) is 23.7 Å². The number of halogens is 4. The van der Waals surface area contributed by atoms with Crippen LogP contribution < -0.4 is 19.5 Å². The Kier molecular flexibility index (Phi) is 21.4. The van der Waals surface area contributed by atoms with Crippen molar-refractivity contribution in [1.29, 1.82) is 5.26 Å². The molecule has 1 unspecified atom stereocenters. The van der Waals surface area contributed by atoms with Gasteiger partial charge in [0.2, 0.25) is 0 Å². The molecule has 12 rings (SSSR count). The molecule has 1 aliphatic heterocycles. The SMILES string of the molecule is CN(CCOc1ccc(-c2nc3ncc(Br)cc3[nH]2)cc1)C1CCC(C#N)CC1.Clc1ccc(CCNCCOc2ccc(-c3nc4ncc(Br)cc4[nH]3)cc2)cc1.OC1CCCN(CCOc2ccc(-c3nc4ncc(Br)cc4[nH]3)cc2)C1. The first-order valence-electron chi connectivity index (χ1n) is 28.2. The first-order chi connectivity index (χ1) is 41.0. The lowest BCUT2D eigenvalue weighted by Crippen LogP contribution is -2.40. The van der Waals surface area contributed by atoms with Gasteiger partial charge in [-0.3, -0.25) is 4.90 Å². The fraction of sp³-hybridized carbons (Fsp3) is 0.317. The average molecular weight is 1340 g/mol. The van der Waals surface area contributed by atoms with Gasteiger partial charge in [0, 0.05) is 91.9 Å². The van der Waals surface area contributed by atoms with Crippen LogP contribution in [0.25, 0.3) is 67.7 Å². The Balaban J connectivity index is 0.000000141. The number of hydrogen-bond acceptors (Lipinski definition) is 14. The number of rotatable bonds is 19. The van der Waals surface area contributed by atoms with Crippen LogP contribution in [0.15, 0.2) is 147 Å². The summed E-state index contributed by atoms with van der Waals surface area (Å²) in [4.78, 5) is 41.0. The Morgan fingerprint density at radius 2 is 1.10 bits per heavy atom. The molecule has 10 aromatic rings. The van der Waals surface area contributed by atoms with Crippen molar-refractivity contribution in [1.82, 2.24) is 60.0 Å². The van der Waals surface area contributed by atoms with Crippen molar-refractivity contribution >= 4 is 92.9 Å². The van der Waals surface area contributed by atoms with Crippen molar-refractivity contribution in [2.75, 3.05) is 66.1 Å². The van der Waals surface area contributed by atoms with Gasteiger partial charge < -0.3 is 44.5 Å². The average Bonchev–Trinajstić information content (AvgIpc) is 4.42. The molecule has 1 saturated carbocycles. The molecule has 2 aliphatic rings. The van der Waals surface area contributed by atoms with E-state index in [4.69, 9.17) is 31.1 Å². The van der Waals surface area contributed by atoms with Crippen LogP contribution in [0.2, 0.25) is 5.02 Å². The minimum absolute atomic E-state index is 0.193. The number of pyridine rings is 3. The number of aliphatic hydroxyl groups excluding tert-OH is 1. The van der Waals surface area contributed by atoms with E-state index < -0.39 is 0 Å². The molecule has 5 N–H and O–H groups in total. The molecule has 84 heavy (non-hydrogen) atoms. The van der Waals surface area contributed by atoms with E-state index in [-0.39, 0.29) is 12.0 Å². The molecule has 6 aromatic heterocycles. The van der Waals surface area contributed by atoms with Crippen molar-refractivity contribution in [3.63, 3.8) is 0 Å². The largest absolute Gasteiger partial charge is 0.492 e. The Bertz CT molecular complexity index is 3740. The van der Waals surface area contributed by atoms with Gasteiger partial charge in [-0.05, 0) is 222 Å². The number of aromatic amines is 3. The fourth-order valence-electron chi connectivity index (χ4n) is 10.1. The standard InChI is InChI=1S/C22H20BrClN4O.C22H24BrN5O.C19H21BrN4O2/c23-17-13-20-22(26-14-17)28-21(27-20)16-3-7-19(8-4-16)29-12-11-25-10-9-15-1-5-18(24)6-2-15;1-28(18-6-2-15(13-24)3-7-18)10-11-29-19-8-4-16(5-9-19)21-26-20-12-17(23)14-25-22(20)27-21;20-14-10-17-19(21-11-14)23-18(22-17)13-3-5-16(6-4-13)26-9-8-24-7-1-2-15(25)12-24/h1-8,13-14,25H,9-12H2,(H,26,27,28);4-5,8-9,12,14-15,18H,2-3,6-7,10-11H2,1H3,(H,25,26,27);3-6,10-11,15,25H,1-2,7-9,12H2,(H,21,22,23). The van der Waals surface area contributed by atoms with Crippen molar-refractivity contribution in [2.45, 2.75) is 57.1 Å². The number of H-pyrrole nitrogens is 3. The lowest BCUT2D eigenvalue weighted by Gasteiger charge is -2.32. The highest BCUT2D eigenvalue weighted by Crippen LogP contribution is 2.29. The lowest BCUT2D eigenvalue weighted by molar-refractivity contribution is 0.0633. The van der Waals surface area contributed by atoms with Gasteiger partial charge in [-0.15, -0.1) is 0 Å². The van der Waals surface area contributed by atoms with Crippen molar-refractivity contribution in [3.05, 3.63) is 158 Å². The van der Waals surface area contributed by atoms with Crippen LogP contribution in [0.5, 0.6) is 17.2 Å². The predicted octanol–water partition coefficient (Wildman–Crippen LogP) is 13.3. The van der Waals surface area contributed by atoms with Crippen LogP contribution in [-0.2, 0) is 6.42 Å². The first-order valence-corrected chi connectivity index (χ1v) is 30.9. The van der Waals surface area contributed by atoms with Crippen LogP contribution in [0, 0.1) is 17.2 Å². The van der Waals surface area contributed by atoms with Crippen LogP contribution in [0.3, 0.4) is 0 Å². The molecule has 1 atom stereocenters. The van der Waals surface area contributed by atoms with E-state index in [0.29, 0.717) is 42.8 Å². The number of hydrogen-bond donors (Lipinski definition) is 5. The van der Waals surface area contributed by atoms with E-state index in [1.165, 1.54) is 5.56 Å². The summed E-state index contributed by atoms with van der Waals surface area (Å²) < 4.78 is 20.3. The second kappa shape index (κ2) is 29.8. The third kappa shape index (κ3) is 17.2. The van der Waals surface area contributed by atoms with Gasteiger partial charge in [0.1, 0.15) is 54.5 Å². The zero-order valence-electron chi connectivity index (χ0n) is 46.5. The molecule has 4 aromatic carbocycles. The van der Waals surface area contributed by atoms with E-state index in [0.717, 1.165) is 171 Å². The highest BCUT2D eigenvalue weighted by atomic mass is 79.9. The molecule has 0 spiro atoms. The molecule has 17 nitrogen and oxygen atoms in total. The van der Waals surface area contributed by atoms with Crippen molar-refractivity contribution in [3.8, 4) is 57.5 Å². The Morgan fingerprint density at radius 3 is 1.56 bits per heavy atom.